The number of hydrogen-bond donors (Lipinski definition) is 2. The molecule has 24 heavy (non-hydrogen) atoms. The van der Waals surface area contributed by atoms with Gasteiger partial charge in [0, 0.05) is 5.69 Å². The normalized spacial score (nSPS) is 14.0. The number of carbonyl (C=O) groups excluding carboxylic acids is 1. The predicted molar refractivity (Wildman–Crippen MR) is 93.3 cm³/mol. The van der Waals surface area contributed by atoms with Gasteiger partial charge in [0.25, 0.3) is 0 Å². The first-order valence-electron chi connectivity index (χ1n) is 8.26. The molecule has 1 atom stereocenters. The quantitative estimate of drug-likeness (QED) is 0.884. The van der Waals surface area contributed by atoms with E-state index < -0.39 is 11.9 Å². The fraction of sp³-hybridized carbons (Fsp3) is 0.300. The minimum Gasteiger partial charge on any atom is -0.481 e. The van der Waals surface area contributed by atoms with Crippen molar-refractivity contribution in [3.63, 3.8) is 0 Å². The molecule has 3 rings (SSSR count). The second-order valence-electron chi connectivity index (χ2n) is 6.37. The molecule has 0 heterocycles. The molecule has 0 spiro atoms. The van der Waals surface area contributed by atoms with Crippen LogP contribution in [-0.4, -0.2) is 17.0 Å². The van der Waals surface area contributed by atoms with E-state index in [2.05, 4.69) is 17.4 Å². The van der Waals surface area contributed by atoms with Crippen LogP contribution < -0.4 is 5.32 Å². The lowest BCUT2D eigenvalue weighted by Crippen LogP contribution is -2.15. The van der Waals surface area contributed by atoms with Crippen molar-refractivity contribution >= 4 is 17.6 Å². The van der Waals surface area contributed by atoms with E-state index in [4.69, 9.17) is 5.11 Å². The number of carboxylic acid groups (broad SMARTS) is 1. The molecule has 4 heteroatoms. The van der Waals surface area contributed by atoms with Crippen LogP contribution in [0.1, 0.15) is 41.5 Å². The van der Waals surface area contributed by atoms with Crippen LogP contribution >= 0.6 is 0 Å². The van der Waals surface area contributed by atoms with Crippen molar-refractivity contribution < 1.29 is 14.7 Å². The number of rotatable bonds is 5. The van der Waals surface area contributed by atoms with Gasteiger partial charge in [0.1, 0.15) is 0 Å². The third-order valence-electron chi connectivity index (χ3n) is 4.57. The number of hydrogen-bond acceptors (Lipinski definition) is 2. The summed E-state index contributed by atoms with van der Waals surface area (Å²) in [5, 5.41) is 12.0. The van der Waals surface area contributed by atoms with E-state index >= 15 is 0 Å². The fourth-order valence-electron chi connectivity index (χ4n) is 3.15. The summed E-state index contributed by atoms with van der Waals surface area (Å²) in [7, 11) is 0. The van der Waals surface area contributed by atoms with E-state index in [1.54, 1.807) is 31.2 Å². The lowest BCUT2D eigenvalue weighted by atomic mass is 10.0. The minimum atomic E-state index is -0.878. The third kappa shape index (κ3) is 3.65. The zero-order chi connectivity index (χ0) is 17.1. The molecule has 4 nitrogen and oxygen atoms in total. The van der Waals surface area contributed by atoms with Gasteiger partial charge in [-0.3, -0.25) is 9.59 Å². The van der Waals surface area contributed by atoms with Crippen molar-refractivity contribution in [2.24, 2.45) is 0 Å². The van der Waals surface area contributed by atoms with Gasteiger partial charge in [-0.1, -0.05) is 30.3 Å². The van der Waals surface area contributed by atoms with Crippen LogP contribution in [0.5, 0.6) is 0 Å². The van der Waals surface area contributed by atoms with Crippen molar-refractivity contribution in [2.75, 3.05) is 5.32 Å². The Kier molecular flexibility index (Phi) is 4.65. The second-order valence-corrected chi connectivity index (χ2v) is 6.37. The van der Waals surface area contributed by atoms with Gasteiger partial charge in [-0.2, -0.15) is 0 Å². The molecule has 0 saturated carbocycles. The number of carbonyl (C=O) groups is 2. The molecule has 0 radical (unpaired) electrons. The Hall–Kier alpha value is -2.62. The van der Waals surface area contributed by atoms with E-state index in [1.807, 2.05) is 6.07 Å². The van der Waals surface area contributed by atoms with Gasteiger partial charge in [0.15, 0.2) is 0 Å². The van der Waals surface area contributed by atoms with Gasteiger partial charge in [0.2, 0.25) is 5.91 Å². The van der Waals surface area contributed by atoms with Crippen LogP contribution in [0, 0.1) is 0 Å². The number of carboxylic acids is 1. The standard InChI is InChI=1S/C20H21NO3/c1-13(20(23)24)16-5-3-7-18(12-16)21-19(22)11-14-8-9-15-4-2-6-17(15)10-14/h3,5,7-10,12-13H,2,4,6,11H2,1H3,(H,21,22)(H,23,24). The average molecular weight is 323 g/mol. The molecule has 2 N–H and O–H groups in total. The van der Waals surface area contributed by atoms with E-state index in [1.165, 1.54) is 17.5 Å². The van der Waals surface area contributed by atoms with Crippen LogP contribution in [0.3, 0.4) is 0 Å². The van der Waals surface area contributed by atoms with Crippen molar-refractivity contribution in [2.45, 2.75) is 38.5 Å². The fourth-order valence-corrected chi connectivity index (χ4v) is 3.15. The molecule has 0 bridgehead atoms. The summed E-state index contributed by atoms with van der Waals surface area (Å²) in [6.07, 6.45) is 3.75. The predicted octanol–water partition coefficient (Wildman–Crippen LogP) is 3.54. The summed E-state index contributed by atoms with van der Waals surface area (Å²) in [5.74, 6) is -1.57. The maximum Gasteiger partial charge on any atom is 0.310 e. The molecule has 124 valence electrons. The molecular formula is C20H21NO3. The third-order valence-corrected chi connectivity index (χ3v) is 4.57. The van der Waals surface area contributed by atoms with Gasteiger partial charge in [-0.15, -0.1) is 0 Å². The molecule has 0 aliphatic heterocycles. The highest BCUT2D eigenvalue weighted by molar-refractivity contribution is 5.92. The molecule has 1 aliphatic carbocycles. The van der Waals surface area contributed by atoms with Gasteiger partial charge < -0.3 is 10.4 Å². The molecule has 1 unspecified atom stereocenters. The molecule has 0 fully saturated rings. The Morgan fingerprint density at radius 1 is 1.12 bits per heavy atom. The number of benzene rings is 2. The molecule has 1 amide bonds. The Morgan fingerprint density at radius 2 is 1.92 bits per heavy atom. The largest absolute Gasteiger partial charge is 0.481 e. The van der Waals surface area contributed by atoms with Crippen molar-refractivity contribution in [1.29, 1.82) is 0 Å². The number of amides is 1. The molecule has 0 aromatic heterocycles. The average Bonchev–Trinajstić information content (AvgIpc) is 3.01. The van der Waals surface area contributed by atoms with E-state index in [0.717, 1.165) is 18.4 Å². The number of nitrogens with one attached hydrogen (secondary N) is 1. The summed E-state index contributed by atoms with van der Waals surface area (Å²) in [6.45, 7) is 1.63. The Bertz CT molecular complexity index is 782. The van der Waals surface area contributed by atoms with Crippen molar-refractivity contribution in [3.05, 3.63) is 64.7 Å². The van der Waals surface area contributed by atoms with Gasteiger partial charge in [-0.25, -0.2) is 0 Å². The monoisotopic (exact) mass is 323 g/mol. The highest BCUT2D eigenvalue weighted by Crippen LogP contribution is 2.23. The summed E-state index contributed by atoms with van der Waals surface area (Å²) >= 11 is 0. The maximum atomic E-state index is 12.3. The number of aliphatic carboxylic acids is 1. The van der Waals surface area contributed by atoms with Crippen LogP contribution in [0.25, 0.3) is 0 Å². The molecule has 0 saturated heterocycles. The summed E-state index contributed by atoms with van der Waals surface area (Å²) < 4.78 is 0. The summed E-state index contributed by atoms with van der Waals surface area (Å²) in [5.41, 5.74) is 5.08. The highest BCUT2D eigenvalue weighted by Gasteiger charge is 2.15. The molecule has 2 aromatic rings. The highest BCUT2D eigenvalue weighted by atomic mass is 16.4. The Labute approximate surface area is 141 Å². The van der Waals surface area contributed by atoms with Gasteiger partial charge >= 0.3 is 5.97 Å². The SMILES string of the molecule is CC(C(=O)O)c1cccc(NC(=O)Cc2ccc3c(c2)CCC3)c1. The molecule has 2 aromatic carbocycles. The molecule has 1 aliphatic rings. The van der Waals surface area contributed by atoms with Crippen LogP contribution in [0.4, 0.5) is 5.69 Å². The van der Waals surface area contributed by atoms with Gasteiger partial charge in [-0.05, 0) is 60.6 Å². The van der Waals surface area contributed by atoms with Crippen molar-refractivity contribution in [3.8, 4) is 0 Å². The lowest BCUT2D eigenvalue weighted by Gasteiger charge is -2.10. The Morgan fingerprint density at radius 3 is 2.71 bits per heavy atom. The first-order chi connectivity index (χ1) is 11.5. The smallest absolute Gasteiger partial charge is 0.310 e. The van der Waals surface area contributed by atoms with Crippen LogP contribution in [0.2, 0.25) is 0 Å². The summed E-state index contributed by atoms with van der Waals surface area (Å²) in [4.78, 5) is 23.3. The zero-order valence-corrected chi connectivity index (χ0v) is 13.7. The van der Waals surface area contributed by atoms with Crippen molar-refractivity contribution in [1.82, 2.24) is 0 Å². The topological polar surface area (TPSA) is 66.4 Å². The first kappa shape index (κ1) is 16.2. The maximum absolute atomic E-state index is 12.3. The van der Waals surface area contributed by atoms with Gasteiger partial charge in [0.05, 0.1) is 12.3 Å². The zero-order valence-electron chi connectivity index (χ0n) is 13.7. The number of anilines is 1. The minimum absolute atomic E-state index is 0.0897. The Balaban J connectivity index is 1.67. The van der Waals surface area contributed by atoms with E-state index in [-0.39, 0.29) is 5.91 Å². The summed E-state index contributed by atoms with van der Waals surface area (Å²) in [6, 6.07) is 13.3. The number of fused-ring (bicyclic) bond motifs is 1. The van der Waals surface area contributed by atoms with E-state index in [9.17, 15) is 9.59 Å². The first-order valence-corrected chi connectivity index (χ1v) is 8.26. The second kappa shape index (κ2) is 6.87. The molecular weight excluding hydrogens is 302 g/mol. The van der Waals surface area contributed by atoms with Crippen LogP contribution in [-0.2, 0) is 28.9 Å². The lowest BCUT2D eigenvalue weighted by molar-refractivity contribution is -0.138. The number of aryl methyl sites for hydroxylation is 2. The van der Waals surface area contributed by atoms with E-state index in [0.29, 0.717) is 17.7 Å². The van der Waals surface area contributed by atoms with Crippen LogP contribution in [0.15, 0.2) is 42.5 Å².